The Hall–Kier alpha value is -2.83. The minimum Gasteiger partial charge on any atom is -0.494 e. The summed E-state index contributed by atoms with van der Waals surface area (Å²) in [5, 5.41) is 2.84. The van der Waals surface area contributed by atoms with Gasteiger partial charge in [-0.1, -0.05) is 0 Å². The maximum atomic E-state index is 13.6. The number of nitrogens with one attached hydrogen (secondary N) is 1. The van der Waals surface area contributed by atoms with E-state index in [0.29, 0.717) is 11.4 Å². The summed E-state index contributed by atoms with van der Waals surface area (Å²) in [6, 6.07) is 7.28. The number of pyridine rings is 1. The van der Waals surface area contributed by atoms with Crippen molar-refractivity contribution in [1.82, 2.24) is 4.98 Å². The lowest BCUT2D eigenvalue weighted by atomic mass is 10.2. The van der Waals surface area contributed by atoms with E-state index in [1.165, 1.54) is 38.5 Å². The first kappa shape index (κ1) is 14.6. The molecule has 7 heteroatoms. The molecule has 0 saturated carbocycles. The standard InChI is InChI=1S/C14H14FN3O3/c1-20-12-6-3-8(7-9(12)15)17-13-10(16)4-5-11(18-13)14(19)21-2/h3-7H,16H2,1-2H3,(H,17,18). The normalized spacial score (nSPS) is 10.0. The van der Waals surface area contributed by atoms with E-state index in [0.717, 1.165) is 0 Å². The van der Waals surface area contributed by atoms with Crippen LogP contribution in [0.15, 0.2) is 30.3 Å². The largest absolute Gasteiger partial charge is 0.494 e. The van der Waals surface area contributed by atoms with Crippen molar-refractivity contribution < 1.29 is 18.7 Å². The molecule has 2 aromatic rings. The van der Waals surface area contributed by atoms with Crippen molar-refractivity contribution in [2.75, 3.05) is 25.3 Å². The van der Waals surface area contributed by atoms with Crippen LogP contribution in [0.2, 0.25) is 0 Å². The monoisotopic (exact) mass is 291 g/mol. The maximum Gasteiger partial charge on any atom is 0.356 e. The smallest absolute Gasteiger partial charge is 0.356 e. The van der Waals surface area contributed by atoms with Gasteiger partial charge >= 0.3 is 5.97 Å². The van der Waals surface area contributed by atoms with Crippen LogP contribution >= 0.6 is 0 Å². The molecule has 1 aromatic heterocycles. The van der Waals surface area contributed by atoms with Gasteiger partial charge in [-0.3, -0.25) is 0 Å². The molecule has 0 spiro atoms. The van der Waals surface area contributed by atoms with Crippen molar-refractivity contribution in [3.8, 4) is 5.75 Å². The van der Waals surface area contributed by atoms with Crippen LogP contribution in [0.4, 0.5) is 21.6 Å². The second-order valence-corrected chi connectivity index (χ2v) is 4.10. The number of halogens is 1. The summed E-state index contributed by atoms with van der Waals surface area (Å²) in [6.07, 6.45) is 0. The van der Waals surface area contributed by atoms with Crippen molar-refractivity contribution in [3.63, 3.8) is 0 Å². The topological polar surface area (TPSA) is 86.5 Å². The first-order valence-corrected chi connectivity index (χ1v) is 6.00. The fourth-order valence-corrected chi connectivity index (χ4v) is 1.67. The Morgan fingerprint density at radius 1 is 1.29 bits per heavy atom. The zero-order valence-electron chi connectivity index (χ0n) is 11.5. The molecule has 0 aliphatic rings. The molecule has 0 aliphatic heterocycles. The van der Waals surface area contributed by atoms with Gasteiger partial charge < -0.3 is 20.5 Å². The Morgan fingerprint density at radius 2 is 2.05 bits per heavy atom. The summed E-state index contributed by atoms with van der Waals surface area (Å²) < 4.78 is 23.0. The molecule has 0 amide bonds. The van der Waals surface area contributed by atoms with Crippen molar-refractivity contribution in [2.24, 2.45) is 0 Å². The lowest BCUT2D eigenvalue weighted by Gasteiger charge is -2.10. The van der Waals surface area contributed by atoms with E-state index in [2.05, 4.69) is 15.0 Å². The summed E-state index contributed by atoms with van der Waals surface area (Å²) in [7, 11) is 2.64. The van der Waals surface area contributed by atoms with Gasteiger partial charge in [0.05, 0.1) is 19.9 Å². The van der Waals surface area contributed by atoms with E-state index >= 15 is 0 Å². The molecule has 21 heavy (non-hydrogen) atoms. The number of benzene rings is 1. The summed E-state index contributed by atoms with van der Waals surface area (Å²) in [5.74, 6) is -0.739. The number of nitrogens with two attached hydrogens (primary N) is 1. The third-order valence-corrected chi connectivity index (χ3v) is 2.74. The number of esters is 1. The molecule has 0 bridgehead atoms. The van der Waals surface area contributed by atoms with E-state index in [1.807, 2.05) is 0 Å². The number of rotatable bonds is 4. The molecular weight excluding hydrogens is 277 g/mol. The SMILES string of the molecule is COC(=O)c1ccc(N)c(Nc2ccc(OC)c(F)c2)n1. The van der Waals surface area contributed by atoms with Crippen LogP contribution in [-0.4, -0.2) is 25.2 Å². The molecule has 0 saturated heterocycles. The first-order valence-electron chi connectivity index (χ1n) is 6.00. The minimum atomic E-state index is -0.584. The van der Waals surface area contributed by atoms with Gasteiger partial charge in [-0.2, -0.15) is 0 Å². The molecule has 0 atom stereocenters. The lowest BCUT2D eigenvalue weighted by Crippen LogP contribution is -2.08. The molecule has 0 fully saturated rings. The highest BCUT2D eigenvalue weighted by Crippen LogP contribution is 2.25. The van der Waals surface area contributed by atoms with Crippen molar-refractivity contribution in [1.29, 1.82) is 0 Å². The zero-order chi connectivity index (χ0) is 15.4. The average Bonchev–Trinajstić information content (AvgIpc) is 2.49. The van der Waals surface area contributed by atoms with Gasteiger partial charge in [-0.25, -0.2) is 14.2 Å². The molecule has 0 aliphatic carbocycles. The first-order chi connectivity index (χ1) is 10.0. The zero-order valence-corrected chi connectivity index (χ0v) is 11.5. The number of ether oxygens (including phenoxy) is 2. The summed E-state index contributed by atoms with van der Waals surface area (Å²) >= 11 is 0. The summed E-state index contributed by atoms with van der Waals surface area (Å²) in [5.41, 5.74) is 6.62. The van der Waals surface area contributed by atoms with Gasteiger partial charge in [0.1, 0.15) is 0 Å². The van der Waals surface area contributed by atoms with E-state index in [9.17, 15) is 9.18 Å². The Bertz CT molecular complexity index is 677. The third kappa shape index (κ3) is 3.19. The lowest BCUT2D eigenvalue weighted by molar-refractivity contribution is 0.0594. The van der Waals surface area contributed by atoms with Crippen molar-refractivity contribution in [3.05, 3.63) is 41.8 Å². The van der Waals surface area contributed by atoms with E-state index in [4.69, 9.17) is 10.5 Å². The Morgan fingerprint density at radius 3 is 2.67 bits per heavy atom. The van der Waals surface area contributed by atoms with Gasteiger partial charge in [0.2, 0.25) is 0 Å². The molecule has 1 aromatic carbocycles. The quantitative estimate of drug-likeness (QED) is 0.841. The minimum absolute atomic E-state index is 0.100. The molecule has 1 heterocycles. The fourth-order valence-electron chi connectivity index (χ4n) is 1.67. The Kier molecular flexibility index (Phi) is 4.22. The van der Waals surface area contributed by atoms with Crippen molar-refractivity contribution >= 4 is 23.2 Å². The van der Waals surface area contributed by atoms with Gasteiger partial charge in [0.25, 0.3) is 0 Å². The molecule has 2 rings (SSSR count). The highest BCUT2D eigenvalue weighted by Gasteiger charge is 2.11. The van der Waals surface area contributed by atoms with Gasteiger partial charge in [0, 0.05) is 11.8 Å². The third-order valence-electron chi connectivity index (χ3n) is 2.74. The molecule has 0 radical (unpaired) electrons. The number of aromatic nitrogens is 1. The fraction of sp³-hybridized carbons (Fsp3) is 0.143. The number of nitrogen functional groups attached to an aromatic ring is 1. The van der Waals surface area contributed by atoms with Crippen molar-refractivity contribution in [2.45, 2.75) is 0 Å². The summed E-state index contributed by atoms with van der Waals surface area (Å²) in [4.78, 5) is 15.5. The maximum absolute atomic E-state index is 13.6. The average molecular weight is 291 g/mol. The van der Waals surface area contributed by atoms with E-state index in [-0.39, 0.29) is 17.3 Å². The molecule has 6 nitrogen and oxygen atoms in total. The number of carbonyl (C=O) groups is 1. The second-order valence-electron chi connectivity index (χ2n) is 4.10. The van der Waals surface area contributed by atoms with E-state index in [1.54, 1.807) is 6.07 Å². The van der Waals surface area contributed by atoms with Crippen LogP contribution in [0.25, 0.3) is 0 Å². The Balaban J connectivity index is 2.30. The Labute approximate surface area is 120 Å². The van der Waals surface area contributed by atoms with Gasteiger partial charge in [-0.15, -0.1) is 0 Å². The number of hydrogen-bond acceptors (Lipinski definition) is 6. The van der Waals surface area contributed by atoms with Gasteiger partial charge in [-0.05, 0) is 24.3 Å². The van der Waals surface area contributed by atoms with Crippen LogP contribution in [0.5, 0.6) is 5.75 Å². The summed E-state index contributed by atoms with van der Waals surface area (Å²) in [6.45, 7) is 0. The van der Waals surface area contributed by atoms with Crippen LogP contribution in [0.3, 0.4) is 0 Å². The molecular formula is C14H14FN3O3. The van der Waals surface area contributed by atoms with Crippen LogP contribution in [-0.2, 0) is 4.74 Å². The molecule has 3 N–H and O–H groups in total. The highest BCUT2D eigenvalue weighted by atomic mass is 19.1. The predicted octanol–water partition coefficient (Wildman–Crippen LogP) is 2.34. The number of methoxy groups -OCH3 is 2. The second kappa shape index (κ2) is 6.08. The van der Waals surface area contributed by atoms with Gasteiger partial charge in [0.15, 0.2) is 23.1 Å². The van der Waals surface area contributed by atoms with Crippen LogP contribution < -0.4 is 15.8 Å². The number of nitrogens with zero attached hydrogens (tertiary/aromatic N) is 1. The molecule has 0 unspecified atom stereocenters. The number of carbonyl (C=O) groups excluding carboxylic acids is 1. The molecule has 110 valence electrons. The van der Waals surface area contributed by atoms with E-state index < -0.39 is 11.8 Å². The predicted molar refractivity (Wildman–Crippen MR) is 76.2 cm³/mol. The van der Waals surface area contributed by atoms with Crippen LogP contribution in [0.1, 0.15) is 10.5 Å². The number of hydrogen-bond donors (Lipinski definition) is 2. The highest BCUT2D eigenvalue weighted by molar-refractivity contribution is 5.88. The number of anilines is 3. The van der Waals surface area contributed by atoms with Crippen LogP contribution in [0, 0.1) is 5.82 Å².